The lowest BCUT2D eigenvalue weighted by Gasteiger charge is -2.32. The highest BCUT2D eigenvalue weighted by Crippen LogP contribution is 2.31. The lowest BCUT2D eigenvalue weighted by molar-refractivity contribution is 0.264. The number of hydrogen-bond donors (Lipinski definition) is 1. The van der Waals surface area contributed by atoms with Gasteiger partial charge in [-0.05, 0) is 48.9 Å². The summed E-state index contributed by atoms with van der Waals surface area (Å²) in [6.07, 6.45) is 5.25. The zero-order valence-electron chi connectivity index (χ0n) is 11.3. The van der Waals surface area contributed by atoms with Crippen molar-refractivity contribution in [2.45, 2.75) is 45.6 Å². The van der Waals surface area contributed by atoms with Crippen molar-refractivity contribution in [2.75, 3.05) is 5.32 Å². The SMILES string of the molecule is CC(C)C1CCCC(Nc2ccc(C#N)cc2)C1. The normalized spacial score (nSPS) is 23.7. The van der Waals surface area contributed by atoms with E-state index < -0.39 is 0 Å². The largest absolute Gasteiger partial charge is 0.382 e. The fraction of sp³-hybridized carbons (Fsp3) is 0.562. The molecule has 2 unspecified atom stereocenters. The minimum absolute atomic E-state index is 0.596. The molecule has 0 radical (unpaired) electrons. The Morgan fingerprint density at radius 2 is 1.94 bits per heavy atom. The molecule has 1 saturated carbocycles. The molecule has 1 aliphatic rings. The minimum atomic E-state index is 0.596. The van der Waals surface area contributed by atoms with Gasteiger partial charge in [0.05, 0.1) is 11.6 Å². The molecule has 2 atom stereocenters. The van der Waals surface area contributed by atoms with Crippen LogP contribution in [0.5, 0.6) is 0 Å². The van der Waals surface area contributed by atoms with Crippen molar-refractivity contribution in [1.82, 2.24) is 0 Å². The quantitative estimate of drug-likeness (QED) is 0.862. The van der Waals surface area contributed by atoms with E-state index in [2.05, 4.69) is 25.2 Å². The molecule has 2 nitrogen and oxygen atoms in total. The van der Waals surface area contributed by atoms with Gasteiger partial charge >= 0.3 is 0 Å². The van der Waals surface area contributed by atoms with Crippen LogP contribution in [0.15, 0.2) is 24.3 Å². The highest BCUT2D eigenvalue weighted by Gasteiger charge is 2.23. The first-order valence-electron chi connectivity index (χ1n) is 6.95. The third-order valence-corrected chi connectivity index (χ3v) is 4.04. The first kappa shape index (κ1) is 13.0. The Morgan fingerprint density at radius 1 is 1.22 bits per heavy atom. The zero-order chi connectivity index (χ0) is 13.0. The predicted molar refractivity (Wildman–Crippen MR) is 75.4 cm³/mol. The molecule has 0 aliphatic heterocycles. The molecule has 1 fully saturated rings. The Hall–Kier alpha value is -1.49. The van der Waals surface area contributed by atoms with Crippen molar-refractivity contribution < 1.29 is 0 Å². The van der Waals surface area contributed by atoms with E-state index in [0.29, 0.717) is 6.04 Å². The predicted octanol–water partition coefficient (Wildman–Crippen LogP) is 4.18. The van der Waals surface area contributed by atoms with E-state index in [-0.39, 0.29) is 0 Å². The van der Waals surface area contributed by atoms with Crippen LogP contribution in [0.2, 0.25) is 0 Å². The Labute approximate surface area is 110 Å². The monoisotopic (exact) mass is 242 g/mol. The highest BCUT2D eigenvalue weighted by molar-refractivity contribution is 5.47. The smallest absolute Gasteiger partial charge is 0.0991 e. The summed E-state index contributed by atoms with van der Waals surface area (Å²) in [6.45, 7) is 4.66. The molecule has 2 rings (SSSR count). The van der Waals surface area contributed by atoms with Gasteiger partial charge in [0.2, 0.25) is 0 Å². The molecule has 0 spiro atoms. The summed E-state index contributed by atoms with van der Waals surface area (Å²) in [5, 5.41) is 12.4. The van der Waals surface area contributed by atoms with Gasteiger partial charge in [-0.3, -0.25) is 0 Å². The van der Waals surface area contributed by atoms with E-state index in [1.54, 1.807) is 0 Å². The van der Waals surface area contributed by atoms with Crippen LogP contribution in [0.4, 0.5) is 5.69 Å². The van der Waals surface area contributed by atoms with Crippen molar-refractivity contribution in [2.24, 2.45) is 11.8 Å². The van der Waals surface area contributed by atoms with Crippen LogP contribution in [-0.2, 0) is 0 Å². The molecule has 0 heterocycles. The second-order valence-electron chi connectivity index (χ2n) is 5.70. The fourth-order valence-corrected chi connectivity index (χ4v) is 2.84. The molecule has 0 saturated heterocycles. The number of anilines is 1. The second-order valence-corrected chi connectivity index (χ2v) is 5.70. The standard InChI is InChI=1S/C16H22N2/c1-12(2)14-4-3-5-16(10-14)18-15-8-6-13(11-17)7-9-15/h6-9,12,14,16,18H,3-5,10H2,1-2H3. The van der Waals surface area contributed by atoms with E-state index in [1.807, 2.05) is 24.3 Å². The number of hydrogen-bond acceptors (Lipinski definition) is 2. The maximum Gasteiger partial charge on any atom is 0.0991 e. The molecule has 1 aliphatic carbocycles. The van der Waals surface area contributed by atoms with Crippen molar-refractivity contribution in [3.63, 3.8) is 0 Å². The molecule has 18 heavy (non-hydrogen) atoms. The third-order valence-electron chi connectivity index (χ3n) is 4.04. The van der Waals surface area contributed by atoms with E-state index in [9.17, 15) is 0 Å². The lowest BCUT2D eigenvalue weighted by Crippen LogP contribution is -2.29. The van der Waals surface area contributed by atoms with Gasteiger partial charge in [0, 0.05) is 11.7 Å². The summed E-state index contributed by atoms with van der Waals surface area (Å²) in [5.74, 6) is 1.64. The summed E-state index contributed by atoms with van der Waals surface area (Å²) in [5.41, 5.74) is 1.87. The van der Waals surface area contributed by atoms with Gasteiger partial charge in [0.25, 0.3) is 0 Å². The molecule has 2 heteroatoms. The number of benzene rings is 1. The molecule has 1 aromatic rings. The van der Waals surface area contributed by atoms with E-state index >= 15 is 0 Å². The number of nitrogens with zero attached hydrogens (tertiary/aromatic N) is 1. The summed E-state index contributed by atoms with van der Waals surface area (Å²) in [4.78, 5) is 0. The van der Waals surface area contributed by atoms with Crippen molar-refractivity contribution in [1.29, 1.82) is 5.26 Å². The summed E-state index contributed by atoms with van der Waals surface area (Å²) < 4.78 is 0. The molecule has 1 aromatic carbocycles. The van der Waals surface area contributed by atoms with Crippen LogP contribution in [0, 0.1) is 23.2 Å². The topological polar surface area (TPSA) is 35.8 Å². The van der Waals surface area contributed by atoms with Gasteiger partial charge in [-0.25, -0.2) is 0 Å². The average molecular weight is 242 g/mol. The van der Waals surface area contributed by atoms with Gasteiger partial charge in [0.15, 0.2) is 0 Å². The maximum absolute atomic E-state index is 8.78. The van der Waals surface area contributed by atoms with Crippen LogP contribution in [0.25, 0.3) is 0 Å². The first-order valence-corrected chi connectivity index (χ1v) is 6.95. The molecule has 0 amide bonds. The zero-order valence-corrected chi connectivity index (χ0v) is 11.3. The second kappa shape index (κ2) is 5.91. The molecule has 96 valence electrons. The molecule has 0 bridgehead atoms. The van der Waals surface area contributed by atoms with Crippen molar-refractivity contribution >= 4 is 5.69 Å². The van der Waals surface area contributed by atoms with E-state index in [0.717, 1.165) is 23.1 Å². The van der Waals surface area contributed by atoms with Crippen LogP contribution < -0.4 is 5.32 Å². The summed E-state index contributed by atoms with van der Waals surface area (Å²) >= 11 is 0. The van der Waals surface area contributed by atoms with Crippen molar-refractivity contribution in [3.05, 3.63) is 29.8 Å². The summed E-state index contributed by atoms with van der Waals surface area (Å²) in [7, 11) is 0. The van der Waals surface area contributed by atoms with Crippen LogP contribution in [-0.4, -0.2) is 6.04 Å². The molecular formula is C16H22N2. The molecular weight excluding hydrogens is 220 g/mol. The van der Waals surface area contributed by atoms with Gasteiger partial charge < -0.3 is 5.32 Å². The Morgan fingerprint density at radius 3 is 2.56 bits per heavy atom. The summed E-state index contributed by atoms with van der Waals surface area (Å²) in [6, 6.07) is 10.5. The molecule has 1 N–H and O–H groups in total. The molecule has 0 aromatic heterocycles. The van der Waals surface area contributed by atoms with Crippen LogP contribution >= 0.6 is 0 Å². The highest BCUT2D eigenvalue weighted by atomic mass is 14.9. The number of nitriles is 1. The van der Waals surface area contributed by atoms with Crippen molar-refractivity contribution in [3.8, 4) is 6.07 Å². The Balaban J connectivity index is 1.94. The number of nitrogens with one attached hydrogen (secondary N) is 1. The van der Waals surface area contributed by atoms with Crippen LogP contribution in [0.3, 0.4) is 0 Å². The average Bonchev–Trinajstić information content (AvgIpc) is 2.40. The first-order chi connectivity index (χ1) is 8.69. The minimum Gasteiger partial charge on any atom is -0.382 e. The van der Waals surface area contributed by atoms with Gasteiger partial charge in [-0.2, -0.15) is 5.26 Å². The van der Waals surface area contributed by atoms with Crippen LogP contribution in [0.1, 0.15) is 45.1 Å². The number of rotatable bonds is 3. The Bertz CT molecular complexity index is 414. The fourth-order valence-electron chi connectivity index (χ4n) is 2.84. The van der Waals surface area contributed by atoms with Gasteiger partial charge in [-0.15, -0.1) is 0 Å². The van der Waals surface area contributed by atoms with Gasteiger partial charge in [-0.1, -0.05) is 26.7 Å². The Kier molecular flexibility index (Phi) is 4.25. The van der Waals surface area contributed by atoms with E-state index in [1.165, 1.54) is 25.7 Å². The van der Waals surface area contributed by atoms with Gasteiger partial charge in [0.1, 0.15) is 0 Å². The lowest BCUT2D eigenvalue weighted by atomic mass is 9.79. The third kappa shape index (κ3) is 3.26. The maximum atomic E-state index is 8.78. The van der Waals surface area contributed by atoms with E-state index in [4.69, 9.17) is 5.26 Å².